The van der Waals surface area contributed by atoms with E-state index >= 15 is 0 Å². The van der Waals surface area contributed by atoms with E-state index in [9.17, 15) is 13.6 Å². The largest absolute Gasteiger partial charge is 0.477 e. The Labute approximate surface area is 128 Å². The molecule has 0 heterocycles. The van der Waals surface area contributed by atoms with Gasteiger partial charge < -0.3 is 5.11 Å². The minimum Gasteiger partial charge on any atom is -0.477 e. The lowest BCUT2D eigenvalue weighted by atomic mass is 9.98. The van der Waals surface area contributed by atoms with Gasteiger partial charge in [-0.3, -0.25) is 0 Å². The first-order chi connectivity index (χ1) is 10.3. The van der Waals surface area contributed by atoms with Crippen LogP contribution >= 0.6 is 0 Å². The summed E-state index contributed by atoms with van der Waals surface area (Å²) in [7, 11) is 0. The van der Waals surface area contributed by atoms with E-state index in [0.29, 0.717) is 5.92 Å². The maximum absolute atomic E-state index is 13.4. The summed E-state index contributed by atoms with van der Waals surface area (Å²) in [6, 6.07) is 13.3. The third-order valence-electron chi connectivity index (χ3n) is 3.45. The molecule has 0 fully saturated rings. The molecule has 1 N–H and O–H groups in total. The fraction of sp³-hybridized carbons (Fsp3) is 0.278. The summed E-state index contributed by atoms with van der Waals surface area (Å²) < 4.78 is 26.8. The molecule has 0 radical (unpaired) electrons. The van der Waals surface area contributed by atoms with Gasteiger partial charge in [0.05, 0.1) is 0 Å². The third-order valence-corrected chi connectivity index (χ3v) is 3.45. The molecule has 0 aliphatic carbocycles. The molecule has 0 saturated heterocycles. The fourth-order valence-electron chi connectivity index (χ4n) is 2.30. The van der Waals surface area contributed by atoms with Crippen LogP contribution < -0.4 is 0 Å². The minimum atomic E-state index is -3.86. The Morgan fingerprint density at radius 3 is 1.86 bits per heavy atom. The van der Waals surface area contributed by atoms with Crippen LogP contribution in [0.1, 0.15) is 25.0 Å². The van der Waals surface area contributed by atoms with Crippen molar-refractivity contribution in [2.24, 2.45) is 5.92 Å². The van der Waals surface area contributed by atoms with Gasteiger partial charge in [0.1, 0.15) is 0 Å². The summed E-state index contributed by atoms with van der Waals surface area (Å²) >= 11 is 0. The van der Waals surface area contributed by atoms with Crippen molar-refractivity contribution in [3.05, 3.63) is 59.7 Å². The van der Waals surface area contributed by atoms with Crippen molar-refractivity contribution < 1.29 is 18.7 Å². The number of carboxylic acids is 1. The maximum atomic E-state index is 13.4. The average molecular weight is 304 g/mol. The van der Waals surface area contributed by atoms with Crippen LogP contribution in [0.5, 0.6) is 0 Å². The highest BCUT2D eigenvalue weighted by atomic mass is 19.3. The maximum Gasteiger partial charge on any atom is 0.379 e. The van der Waals surface area contributed by atoms with E-state index in [1.807, 2.05) is 24.3 Å². The van der Waals surface area contributed by atoms with Gasteiger partial charge in [-0.2, -0.15) is 8.78 Å². The first kappa shape index (κ1) is 16.1. The Hall–Kier alpha value is -2.23. The Bertz CT molecular complexity index is 644. The zero-order valence-corrected chi connectivity index (χ0v) is 12.5. The van der Waals surface area contributed by atoms with E-state index in [2.05, 4.69) is 13.8 Å². The first-order valence-electron chi connectivity index (χ1n) is 7.11. The lowest BCUT2D eigenvalue weighted by Crippen LogP contribution is -2.25. The topological polar surface area (TPSA) is 37.3 Å². The van der Waals surface area contributed by atoms with Gasteiger partial charge in [0, 0.05) is 5.56 Å². The third kappa shape index (κ3) is 3.50. The van der Waals surface area contributed by atoms with Crippen LogP contribution in [-0.2, 0) is 17.1 Å². The molecule has 0 atom stereocenters. The molecule has 4 heteroatoms. The van der Waals surface area contributed by atoms with Gasteiger partial charge in [0.15, 0.2) is 0 Å². The zero-order valence-electron chi connectivity index (χ0n) is 12.5. The van der Waals surface area contributed by atoms with Crippen LogP contribution in [0.3, 0.4) is 0 Å². The van der Waals surface area contributed by atoms with Gasteiger partial charge in [-0.25, -0.2) is 4.79 Å². The standard InChI is InChI=1S/C18H18F2O2/c1-12(2)11-13-3-5-14(6-4-13)15-7-9-16(10-8-15)18(19,20)17(21)22/h3-10,12H,11H2,1-2H3,(H,21,22). The Morgan fingerprint density at radius 1 is 1.00 bits per heavy atom. The molecule has 0 aliphatic heterocycles. The predicted molar refractivity (Wildman–Crippen MR) is 81.9 cm³/mol. The quantitative estimate of drug-likeness (QED) is 0.867. The summed E-state index contributed by atoms with van der Waals surface area (Å²) in [5, 5.41) is 8.53. The Morgan fingerprint density at radius 2 is 1.45 bits per heavy atom. The number of rotatable bonds is 5. The number of hydrogen-bond donors (Lipinski definition) is 1. The van der Waals surface area contributed by atoms with Crippen molar-refractivity contribution in [3.63, 3.8) is 0 Å². The van der Waals surface area contributed by atoms with Gasteiger partial charge in [-0.15, -0.1) is 0 Å². The van der Waals surface area contributed by atoms with E-state index in [0.717, 1.165) is 29.7 Å². The molecule has 0 unspecified atom stereocenters. The predicted octanol–water partition coefficient (Wildman–Crippen LogP) is 4.73. The molecule has 0 spiro atoms. The molecule has 0 bridgehead atoms. The second-order valence-corrected chi connectivity index (χ2v) is 5.75. The number of aliphatic carboxylic acids is 1. The summed E-state index contributed by atoms with van der Waals surface area (Å²) in [5.41, 5.74) is 2.41. The molecule has 0 saturated carbocycles. The van der Waals surface area contributed by atoms with E-state index in [1.165, 1.54) is 17.7 Å². The average Bonchev–Trinajstić information content (AvgIpc) is 2.47. The van der Waals surface area contributed by atoms with Gasteiger partial charge >= 0.3 is 11.9 Å². The van der Waals surface area contributed by atoms with Crippen LogP contribution in [0.4, 0.5) is 8.78 Å². The monoisotopic (exact) mass is 304 g/mol. The minimum absolute atomic E-state index is 0.514. The normalized spacial score (nSPS) is 11.7. The number of carbonyl (C=O) groups is 1. The fourth-order valence-corrected chi connectivity index (χ4v) is 2.30. The summed E-state index contributed by atoms with van der Waals surface area (Å²) in [6.07, 6.45) is 0.990. The zero-order chi connectivity index (χ0) is 16.3. The van der Waals surface area contributed by atoms with E-state index in [-0.39, 0.29) is 0 Å². The van der Waals surface area contributed by atoms with Gasteiger partial charge in [0.25, 0.3) is 0 Å². The highest BCUT2D eigenvalue weighted by molar-refractivity contribution is 5.77. The molecule has 2 aromatic rings. The highest BCUT2D eigenvalue weighted by Gasteiger charge is 2.40. The molecule has 0 amide bonds. The molecule has 2 aromatic carbocycles. The Balaban J connectivity index is 2.22. The van der Waals surface area contributed by atoms with Crippen molar-refractivity contribution in [3.8, 4) is 11.1 Å². The first-order valence-corrected chi connectivity index (χ1v) is 7.11. The van der Waals surface area contributed by atoms with Gasteiger partial charge in [-0.05, 0) is 29.0 Å². The van der Waals surface area contributed by atoms with E-state index in [1.54, 1.807) is 0 Å². The van der Waals surface area contributed by atoms with Crippen LogP contribution in [0.2, 0.25) is 0 Å². The summed E-state index contributed by atoms with van der Waals surface area (Å²) in [4.78, 5) is 10.6. The number of carboxylic acid groups (broad SMARTS) is 1. The SMILES string of the molecule is CC(C)Cc1ccc(-c2ccc(C(F)(F)C(=O)O)cc2)cc1. The van der Waals surface area contributed by atoms with Crippen LogP contribution in [-0.4, -0.2) is 11.1 Å². The molecule has 2 rings (SSSR count). The lowest BCUT2D eigenvalue weighted by Gasteiger charge is -2.12. The number of alkyl halides is 2. The number of halogens is 2. The number of benzene rings is 2. The molecule has 22 heavy (non-hydrogen) atoms. The second-order valence-electron chi connectivity index (χ2n) is 5.75. The van der Waals surface area contributed by atoms with Crippen molar-refractivity contribution in [1.29, 1.82) is 0 Å². The smallest absolute Gasteiger partial charge is 0.379 e. The summed E-state index contributed by atoms with van der Waals surface area (Å²) in [5.74, 6) is -5.43. The van der Waals surface area contributed by atoms with Gasteiger partial charge in [0.2, 0.25) is 0 Å². The van der Waals surface area contributed by atoms with Gasteiger partial charge in [-0.1, -0.05) is 62.4 Å². The van der Waals surface area contributed by atoms with Crippen molar-refractivity contribution in [2.75, 3.05) is 0 Å². The highest BCUT2D eigenvalue weighted by Crippen LogP contribution is 2.30. The van der Waals surface area contributed by atoms with Crippen LogP contribution in [0.15, 0.2) is 48.5 Å². The van der Waals surface area contributed by atoms with Crippen molar-refractivity contribution in [2.45, 2.75) is 26.2 Å². The molecule has 0 aromatic heterocycles. The Kier molecular flexibility index (Phi) is 4.59. The molecular formula is C18H18F2O2. The summed E-state index contributed by atoms with van der Waals surface area (Å²) in [6.45, 7) is 4.30. The molecular weight excluding hydrogens is 286 g/mol. The van der Waals surface area contributed by atoms with Crippen molar-refractivity contribution >= 4 is 5.97 Å². The van der Waals surface area contributed by atoms with E-state index in [4.69, 9.17) is 5.11 Å². The van der Waals surface area contributed by atoms with E-state index < -0.39 is 17.5 Å². The lowest BCUT2D eigenvalue weighted by molar-refractivity contribution is -0.166. The van der Waals surface area contributed by atoms with Crippen molar-refractivity contribution in [1.82, 2.24) is 0 Å². The molecule has 116 valence electrons. The number of hydrogen-bond acceptors (Lipinski definition) is 1. The molecule has 0 aliphatic rings. The van der Waals surface area contributed by atoms with Crippen LogP contribution in [0, 0.1) is 5.92 Å². The second kappa shape index (κ2) is 6.26. The molecule has 2 nitrogen and oxygen atoms in total. The van der Waals surface area contributed by atoms with Crippen LogP contribution in [0.25, 0.3) is 11.1 Å².